The molecule has 0 bridgehead atoms. The Morgan fingerprint density at radius 2 is 2.00 bits per heavy atom. The van der Waals surface area contributed by atoms with Crippen LogP contribution in [0.5, 0.6) is 5.75 Å². The number of nitrogens with zero attached hydrogens (tertiary/aromatic N) is 3. The second-order valence-corrected chi connectivity index (χ2v) is 11.3. The van der Waals surface area contributed by atoms with Crippen molar-refractivity contribution in [2.24, 2.45) is 5.92 Å². The van der Waals surface area contributed by atoms with Crippen molar-refractivity contribution in [1.29, 1.82) is 0 Å². The third kappa shape index (κ3) is 5.31. The van der Waals surface area contributed by atoms with E-state index in [1.54, 1.807) is 25.3 Å². The van der Waals surface area contributed by atoms with E-state index in [2.05, 4.69) is 44.5 Å². The van der Waals surface area contributed by atoms with Crippen molar-refractivity contribution in [3.05, 3.63) is 47.9 Å². The van der Waals surface area contributed by atoms with Gasteiger partial charge in [0.15, 0.2) is 0 Å². The lowest BCUT2D eigenvalue weighted by Gasteiger charge is -2.30. The van der Waals surface area contributed by atoms with Gasteiger partial charge in [0.2, 0.25) is 0 Å². The zero-order valence-corrected chi connectivity index (χ0v) is 21.6. The molecule has 8 heteroatoms. The number of aromatic nitrogens is 3. The SMILES string of the molecule is COc1cc2nn([C@H]3CC[C@H](C(C)I)CC3)cc2cc1NC(=O)c1cccc(C(C)(C)F)n1. The average Bonchev–Trinajstić information content (AvgIpc) is 3.21. The van der Waals surface area contributed by atoms with E-state index in [4.69, 9.17) is 9.84 Å². The summed E-state index contributed by atoms with van der Waals surface area (Å²) in [7, 11) is 1.56. The summed E-state index contributed by atoms with van der Waals surface area (Å²) in [5, 5.41) is 8.60. The van der Waals surface area contributed by atoms with Crippen molar-refractivity contribution >= 4 is 45.1 Å². The van der Waals surface area contributed by atoms with E-state index < -0.39 is 11.6 Å². The minimum Gasteiger partial charge on any atom is -0.494 e. The summed E-state index contributed by atoms with van der Waals surface area (Å²) in [4.78, 5) is 17.1. The van der Waals surface area contributed by atoms with Crippen molar-refractivity contribution in [3.63, 3.8) is 0 Å². The van der Waals surface area contributed by atoms with Gasteiger partial charge in [-0.2, -0.15) is 5.10 Å². The molecule has 1 aliphatic rings. The molecular formula is C25H30FIN4O2. The number of hydrogen-bond donors (Lipinski definition) is 1. The molecule has 176 valence electrons. The van der Waals surface area contributed by atoms with E-state index >= 15 is 0 Å². The topological polar surface area (TPSA) is 69.0 Å². The van der Waals surface area contributed by atoms with E-state index in [0.717, 1.165) is 29.7 Å². The number of amides is 1. The molecule has 1 fully saturated rings. The molecule has 1 aromatic carbocycles. The maximum atomic E-state index is 14.3. The third-order valence-corrected chi connectivity index (χ3v) is 7.46. The quantitative estimate of drug-likeness (QED) is 0.276. The zero-order valence-electron chi connectivity index (χ0n) is 19.4. The third-order valence-electron chi connectivity index (χ3n) is 6.45. The second-order valence-electron chi connectivity index (χ2n) is 9.30. The summed E-state index contributed by atoms with van der Waals surface area (Å²) in [6.07, 6.45) is 6.74. The Kier molecular flexibility index (Phi) is 6.93. The van der Waals surface area contributed by atoms with Crippen molar-refractivity contribution in [2.75, 3.05) is 12.4 Å². The predicted octanol–water partition coefficient (Wildman–Crippen LogP) is 6.45. The van der Waals surface area contributed by atoms with Crippen LogP contribution in [0.4, 0.5) is 10.1 Å². The van der Waals surface area contributed by atoms with Crippen LogP contribution in [0, 0.1) is 5.92 Å². The van der Waals surface area contributed by atoms with Gasteiger partial charge in [-0.15, -0.1) is 0 Å². The molecule has 0 saturated heterocycles. The van der Waals surface area contributed by atoms with Gasteiger partial charge in [-0.25, -0.2) is 9.37 Å². The molecule has 2 aromatic heterocycles. The van der Waals surface area contributed by atoms with Gasteiger partial charge in [0, 0.05) is 21.6 Å². The van der Waals surface area contributed by atoms with Crippen LogP contribution in [-0.2, 0) is 5.67 Å². The lowest BCUT2D eigenvalue weighted by atomic mass is 9.84. The summed E-state index contributed by atoms with van der Waals surface area (Å²) in [5.41, 5.74) is 0.0927. The largest absolute Gasteiger partial charge is 0.494 e. The smallest absolute Gasteiger partial charge is 0.274 e. The number of anilines is 1. The first-order chi connectivity index (χ1) is 15.7. The van der Waals surface area contributed by atoms with E-state index in [9.17, 15) is 9.18 Å². The molecule has 0 spiro atoms. The highest BCUT2D eigenvalue weighted by Crippen LogP contribution is 2.37. The lowest BCUT2D eigenvalue weighted by molar-refractivity contribution is 0.102. The first-order valence-corrected chi connectivity index (χ1v) is 12.6. The van der Waals surface area contributed by atoms with Crippen LogP contribution in [0.25, 0.3) is 10.9 Å². The van der Waals surface area contributed by atoms with Crippen LogP contribution in [0.2, 0.25) is 0 Å². The minimum atomic E-state index is -1.63. The molecule has 3 aromatic rings. The highest BCUT2D eigenvalue weighted by atomic mass is 127. The molecule has 33 heavy (non-hydrogen) atoms. The molecule has 0 aliphatic heterocycles. The summed E-state index contributed by atoms with van der Waals surface area (Å²) < 4.78 is 22.6. The number of fused-ring (bicyclic) bond motifs is 1. The fourth-order valence-electron chi connectivity index (χ4n) is 4.43. The standard InChI is InChI=1S/C25H30FIN4O2/c1-15(27)16-8-10-18(11-9-16)31-14-17-12-21(22(33-4)13-20(17)30-31)29-24(32)19-6-5-7-23(28-19)25(2,3)26/h5-7,12-16,18H,8-11H2,1-4H3,(H,29,32)/t15?,16-,18-. The van der Waals surface area contributed by atoms with E-state index in [-0.39, 0.29) is 11.4 Å². The number of ether oxygens (including phenoxy) is 1. The van der Waals surface area contributed by atoms with E-state index in [1.165, 1.54) is 26.7 Å². The predicted molar refractivity (Wildman–Crippen MR) is 137 cm³/mol. The minimum absolute atomic E-state index is 0.150. The second kappa shape index (κ2) is 9.56. The van der Waals surface area contributed by atoms with Gasteiger partial charge in [-0.1, -0.05) is 35.6 Å². The van der Waals surface area contributed by atoms with Gasteiger partial charge < -0.3 is 10.1 Å². The molecule has 1 aliphatic carbocycles. The number of methoxy groups -OCH3 is 1. The van der Waals surface area contributed by atoms with Crippen LogP contribution in [0.3, 0.4) is 0 Å². The summed E-state index contributed by atoms with van der Waals surface area (Å²) in [6, 6.07) is 8.89. The van der Waals surface area contributed by atoms with Crippen LogP contribution in [-0.4, -0.2) is 31.7 Å². The van der Waals surface area contributed by atoms with Crippen LogP contribution >= 0.6 is 22.6 Å². The number of halogens is 2. The number of benzene rings is 1. The van der Waals surface area contributed by atoms with Gasteiger partial charge in [-0.3, -0.25) is 9.48 Å². The monoisotopic (exact) mass is 564 g/mol. The Bertz CT molecular complexity index is 1150. The Hall–Kier alpha value is -2.23. The highest BCUT2D eigenvalue weighted by molar-refractivity contribution is 14.1. The molecule has 2 heterocycles. The van der Waals surface area contributed by atoms with E-state index in [1.807, 2.05) is 18.3 Å². The molecule has 0 radical (unpaired) electrons. The number of carbonyl (C=O) groups is 1. The fourth-order valence-corrected chi connectivity index (χ4v) is 5.15. The molecule has 6 nitrogen and oxygen atoms in total. The van der Waals surface area contributed by atoms with Gasteiger partial charge in [0.1, 0.15) is 17.1 Å². The lowest BCUT2D eigenvalue weighted by Crippen LogP contribution is -2.22. The number of carbonyl (C=O) groups excluding carboxylic acids is 1. The fraction of sp³-hybridized carbons (Fsp3) is 0.480. The van der Waals surface area contributed by atoms with Gasteiger partial charge >= 0.3 is 0 Å². The molecular weight excluding hydrogens is 534 g/mol. The molecule has 1 N–H and O–H groups in total. The maximum Gasteiger partial charge on any atom is 0.274 e. The van der Waals surface area contributed by atoms with Crippen LogP contribution < -0.4 is 10.1 Å². The Balaban J connectivity index is 1.56. The van der Waals surface area contributed by atoms with Crippen molar-refractivity contribution in [2.45, 2.75) is 62.1 Å². The Morgan fingerprint density at radius 3 is 2.64 bits per heavy atom. The van der Waals surface area contributed by atoms with Gasteiger partial charge in [0.25, 0.3) is 5.91 Å². The molecule has 1 amide bonds. The summed E-state index contributed by atoms with van der Waals surface area (Å²) in [5.74, 6) is 0.881. The number of nitrogens with one attached hydrogen (secondary N) is 1. The van der Waals surface area contributed by atoms with Crippen molar-refractivity contribution in [1.82, 2.24) is 14.8 Å². The van der Waals surface area contributed by atoms with E-state index in [0.29, 0.717) is 21.4 Å². The summed E-state index contributed by atoms with van der Waals surface area (Å²) >= 11 is 2.53. The Labute approximate surface area is 207 Å². The molecule has 1 unspecified atom stereocenters. The van der Waals surface area contributed by atoms with Crippen molar-refractivity contribution < 1.29 is 13.9 Å². The number of hydrogen-bond acceptors (Lipinski definition) is 4. The molecule has 1 atom stereocenters. The van der Waals surface area contributed by atoms with Crippen LogP contribution in [0.15, 0.2) is 36.5 Å². The molecule has 4 rings (SSSR count). The Morgan fingerprint density at radius 1 is 1.27 bits per heavy atom. The van der Waals surface area contributed by atoms with Crippen LogP contribution in [0.1, 0.15) is 68.7 Å². The number of alkyl halides is 2. The highest BCUT2D eigenvalue weighted by Gasteiger charge is 2.26. The zero-order chi connectivity index (χ0) is 23.8. The first kappa shape index (κ1) is 23.9. The molecule has 1 saturated carbocycles. The first-order valence-electron chi connectivity index (χ1n) is 11.3. The summed E-state index contributed by atoms with van der Waals surface area (Å²) in [6.45, 7) is 5.13. The van der Waals surface area contributed by atoms with Crippen molar-refractivity contribution in [3.8, 4) is 5.75 Å². The maximum absolute atomic E-state index is 14.3. The number of pyridine rings is 1. The number of rotatable bonds is 6. The average molecular weight is 564 g/mol. The normalized spacial score (nSPS) is 19.9. The van der Waals surface area contributed by atoms with Gasteiger partial charge in [-0.05, 0) is 63.6 Å². The van der Waals surface area contributed by atoms with Gasteiger partial charge in [0.05, 0.1) is 30.0 Å².